The molecule has 6 rings (SSSR count). The minimum Gasteiger partial charge on any atom is -0.479 e. The highest BCUT2D eigenvalue weighted by Gasteiger charge is 2.69. The first-order valence-electron chi connectivity index (χ1n) is 11.6. The van der Waals surface area contributed by atoms with Gasteiger partial charge >= 0.3 is 5.97 Å². The third kappa shape index (κ3) is 3.48. The number of fused-ring (bicyclic) bond motifs is 2. The lowest BCUT2D eigenvalue weighted by Gasteiger charge is -2.60. The summed E-state index contributed by atoms with van der Waals surface area (Å²) in [7, 11) is 0. The van der Waals surface area contributed by atoms with Crippen LogP contribution in [0.4, 0.5) is 0 Å². The number of hydrogen-bond acceptors (Lipinski definition) is 7. The second kappa shape index (κ2) is 7.87. The second-order valence-corrected chi connectivity index (χ2v) is 9.96. The Balaban J connectivity index is 1.40. The van der Waals surface area contributed by atoms with Crippen molar-refractivity contribution in [3.8, 4) is 11.5 Å². The van der Waals surface area contributed by atoms with Crippen molar-refractivity contribution in [2.24, 2.45) is 23.7 Å². The topological polar surface area (TPSA) is 92.7 Å². The summed E-state index contributed by atoms with van der Waals surface area (Å²) in [5.74, 6) is 0.133. The van der Waals surface area contributed by atoms with Gasteiger partial charge in [-0.3, -0.25) is 0 Å². The summed E-state index contributed by atoms with van der Waals surface area (Å²) in [5.41, 5.74) is -0.630. The molecule has 1 saturated carbocycles. The highest BCUT2D eigenvalue weighted by atomic mass is 17.3. The number of carboxylic acids is 1. The third-order valence-electron chi connectivity index (χ3n) is 7.82. The fourth-order valence-corrected chi connectivity index (χ4v) is 6.02. The average Bonchev–Trinajstić information content (AvgIpc) is 2.98. The monoisotopic (exact) mass is 448 g/mol. The Morgan fingerprint density at radius 3 is 2.72 bits per heavy atom. The number of rotatable bonds is 5. The first kappa shape index (κ1) is 21.9. The molecule has 1 aromatic rings. The number of carbonyl (C=O) groups is 1. The van der Waals surface area contributed by atoms with E-state index >= 15 is 0 Å². The largest absolute Gasteiger partial charge is 0.479 e. The van der Waals surface area contributed by atoms with E-state index < -0.39 is 36.0 Å². The lowest BCUT2D eigenvalue weighted by atomic mass is 9.58. The predicted octanol–water partition coefficient (Wildman–Crippen LogP) is 4.13. The van der Waals surface area contributed by atoms with E-state index in [1.165, 1.54) is 6.92 Å². The van der Waals surface area contributed by atoms with Crippen molar-refractivity contribution in [3.05, 3.63) is 24.3 Å². The molecule has 0 aromatic heterocycles. The van der Waals surface area contributed by atoms with Gasteiger partial charge in [0.15, 0.2) is 18.0 Å². The van der Waals surface area contributed by atoms with Crippen molar-refractivity contribution < 1.29 is 38.6 Å². The van der Waals surface area contributed by atoms with E-state index in [-0.39, 0.29) is 11.8 Å². The van der Waals surface area contributed by atoms with Crippen LogP contribution in [-0.2, 0) is 24.0 Å². The molecule has 1 aliphatic carbocycles. The summed E-state index contributed by atoms with van der Waals surface area (Å²) in [4.78, 5) is 23.1. The molecule has 176 valence electrons. The van der Waals surface area contributed by atoms with Gasteiger partial charge in [0.2, 0.25) is 12.1 Å². The lowest BCUT2D eigenvalue weighted by molar-refractivity contribution is -0.575. The SMILES string of the molecule is CC(Oc1cccc(O[C@@H]2O[C@@H]3O[C@]4(C)CCC5[C@H](C)CCC([C@H]2C)[C@]53OO4)c1)C(=O)O. The van der Waals surface area contributed by atoms with E-state index in [1.54, 1.807) is 18.2 Å². The van der Waals surface area contributed by atoms with E-state index in [9.17, 15) is 4.79 Å². The molecule has 4 aliphatic heterocycles. The van der Waals surface area contributed by atoms with E-state index in [0.717, 1.165) is 25.7 Å². The Morgan fingerprint density at radius 1 is 1.16 bits per heavy atom. The lowest BCUT2D eigenvalue weighted by Crippen LogP contribution is -2.70. The molecule has 32 heavy (non-hydrogen) atoms. The van der Waals surface area contributed by atoms with E-state index in [1.807, 2.05) is 13.0 Å². The van der Waals surface area contributed by atoms with Gasteiger partial charge in [-0.2, -0.15) is 0 Å². The van der Waals surface area contributed by atoms with Gasteiger partial charge in [-0.1, -0.05) is 19.9 Å². The Hall–Kier alpha value is -1.87. The fourth-order valence-electron chi connectivity index (χ4n) is 6.02. The Labute approximate surface area is 188 Å². The minimum atomic E-state index is -1.02. The van der Waals surface area contributed by atoms with E-state index in [2.05, 4.69) is 13.8 Å². The maximum atomic E-state index is 11.1. The van der Waals surface area contributed by atoms with Gasteiger partial charge < -0.3 is 24.1 Å². The second-order valence-electron chi connectivity index (χ2n) is 9.96. The molecule has 5 fully saturated rings. The van der Waals surface area contributed by atoms with Gasteiger partial charge in [0.25, 0.3) is 0 Å². The van der Waals surface area contributed by atoms with Crippen molar-refractivity contribution in [1.29, 1.82) is 0 Å². The Morgan fingerprint density at radius 2 is 1.94 bits per heavy atom. The van der Waals surface area contributed by atoms with Crippen LogP contribution in [0.3, 0.4) is 0 Å². The molecule has 3 unspecified atom stereocenters. The molecule has 0 radical (unpaired) electrons. The zero-order valence-electron chi connectivity index (χ0n) is 19.0. The molecule has 1 N–H and O–H groups in total. The maximum Gasteiger partial charge on any atom is 0.344 e. The van der Waals surface area contributed by atoms with Crippen molar-refractivity contribution >= 4 is 5.97 Å². The summed E-state index contributed by atoms with van der Waals surface area (Å²) in [6.45, 7) is 7.80. The van der Waals surface area contributed by atoms with Gasteiger partial charge in [0.05, 0.1) is 0 Å². The van der Waals surface area contributed by atoms with Crippen LogP contribution in [0.5, 0.6) is 11.5 Å². The van der Waals surface area contributed by atoms with Gasteiger partial charge in [-0.05, 0) is 57.1 Å². The molecule has 1 aromatic carbocycles. The van der Waals surface area contributed by atoms with Crippen LogP contribution in [0.25, 0.3) is 0 Å². The van der Waals surface area contributed by atoms with Crippen LogP contribution >= 0.6 is 0 Å². The first-order valence-corrected chi connectivity index (χ1v) is 11.6. The van der Waals surface area contributed by atoms with Crippen LogP contribution in [0, 0.1) is 23.7 Å². The summed E-state index contributed by atoms with van der Waals surface area (Å²) in [6, 6.07) is 6.98. The molecule has 8 nitrogen and oxygen atoms in total. The Kier molecular flexibility index (Phi) is 5.40. The van der Waals surface area contributed by atoms with Gasteiger partial charge in [-0.25, -0.2) is 14.6 Å². The standard InChI is InChI=1S/C24H32O8/c1-13-8-9-19-14(2)21(28-17-7-5-6-16(12-17)27-15(3)20(25)26)29-22-24(19)18(13)10-11-23(4,30-22)31-32-24/h5-7,12-15,18-19,21-22H,8-11H2,1-4H3,(H,25,26)/t13-,14-,15?,18?,19?,21-,22-,23+,24-/m1/s1. The molecule has 5 aliphatic rings. The van der Waals surface area contributed by atoms with Gasteiger partial charge in [-0.15, -0.1) is 0 Å². The average molecular weight is 449 g/mol. The Bertz CT molecular complexity index is 875. The molecule has 2 bridgehead atoms. The van der Waals surface area contributed by atoms with Gasteiger partial charge in [0, 0.05) is 24.3 Å². The molecule has 1 spiro atoms. The van der Waals surface area contributed by atoms with Crippen LogP contribution in [-0.4, -0.2) is 41.1 Å². The molecular weight excluding hydrogens is 416 g/mol. The normalized spacial score (nSPS) is 43.6. The molecule has 9 atom stereocenters. The number of carboxylic acid groups (broad SMARTS) is 1. The molecule has 8 heteroatoms. The zero-order chi connectivity index (χ0) is 22.7. The summed E-state index contributed by atoms with van der Waals surface area (Å²) < 4.78 is 24.5. The summed E-state index contributed by atoms with van der Waals surface area (Å²) in [6.07, 6.45) is 1.78. The van der Waals surface area contributed by atoms with Crippen LogP contribution < -0.4 is 9.47 Å². The third-order valence-corrected chi connectivity index (χ3v) is 7.82. The fraction of sp³-hybridized carbons (Fsp3) is 0.708. The van der Waals surface area contributed by atoms with Crippen molar-refractivity contribution in [1.82, 2.24) is 0 Å². The van der Waals surface area contributed by atoms with Gasteiger partial charge in [0.1, 0.15) is 11.5 Å². The summed E-state index contributed by atoms with van der Waals surface area (Å²) in [5, 5.41) is 9.10. The number of aliphatic carboxylic acids is 1. The van der Waals surface area contributed by atoms with Crippen molar-refractivity contribution in [2.45, 2.75) is 83.5 Å². The number of benzene rings is 1. The molecule has 4 saturated heterocycles. The predicted molar refractivity (Wildman–Crippen MR) is 112 cm³/mol. The quantitative estimate of drug-likeness (QED) is 0.673. The van der Waals surface area contributed by atoms with Crippen molar-refractivity contribution in [2.75, 3.05) is 0 Å². The number of hydrogen-bond donors (Lipinski definition) is 1. The number of ether oxygens (including phenoxy) is 4. The highest BCUT2D eigenvalue weighted by Crippen LogP contribution is 2.60. The van der Waals surface area contributed by atoms with Crippen LogP contribution in [0.2, 0.25) is 0 Å². The maximum absolute atomic E-state index is 11.1. The highest BCUT2D eigenvalue weighted by molar-refractivity contribution is 5.72. The summed E-state index contributed by atoms with van der Waals surface area (Å²) >= 11 is 0. The molecule has 0 amide bonds. The minimum absolute atomic E-state index is 0.0402. The molecular formula is C24H32O8. The van der Waals surface area contributed by atoms with E-state index in [4.69, 9.17) is 33.8 Å². The van der Waals surface area contributed by atoms with E-state index in [0.29, 0.717) is 23.3 Å². The van der Waals surface area contributed by atoms with Crippen molar-refractivity contribution in [3.63, 3.8) is 0 Å². The zero-order valence-corrected chi connectivity index (χ0v) is 19.0. The van der Waals surface area contributed by atoms with Crippen LogP contribution in [0.1, 0.15) is 53.4 Å². The first-order chi connectivity index (χ1) is 15.2. The molecule has 4 heterocycles. The smallest absolute Gasteiger partial charge is 0.344 e. The van der Waals surface area contributed by atoms with Crippen LogP contribution in [0.15, 0.2) is 24.3 Å².